The predicted octanol–water partition coefficient (Wildman–Crippen LogP) is 4.18. The molecule has 0 aliphatic rings. The molecule has 0 spiro atoms. The third-order valence-electron chi connectivity index (χ3n) is 2.33. The fourth-order valence-corrected chi connectivity index (χ4v) is 2.28. The summed E-state index contributed by atoms with van der Waals surface area (Å²) < 4.78 is 0. The summed E-state index contributed by atoms with van der Waals surface area (Å²) in [4.78, 5) is 1.23. The first-order chi connectivity index (χ1) is 8.34. The van der Waals surface area contributed by atoms with Crippen LogP contribution in [0.3, 0.4) is 0 Å². The third-order valence-corrected chi connectivity index (χ3v) is 3.53. The molecule has 0 atom stereocenters. The third kappa shape index (κ3) is 4.43. The lowest BCUT2D eigenvalue weighted by Crippen LogP contribution is -2.11. The van der Waals surface area contributed by atoms with Gasteiger partial charge in [0.1, 0.15) is 0 Å². The molecule has 0 fully saturated rings. The minimum absolute atomic E-state index is 0.784. The lowest BCUT2D eigenvalue weighted by atomic mass is 10.2. The van der Waals surface area contributed by atoms with Gasteiger partial charge in [-0.3, -0.25) is 0 Å². The van der Waals surface area contributed by atoms with E-state index in [4.69, 9.17) is 11.6 Å². The van der Waals surface area contributed by atoms with Crippen molar-refractivity contribution in [3.05, 3.63) is 65.2 Å². The number of rotatable bonds is 5. The number of halogens is 1. The maximum Gasteiger partial charge on any atom is 0.0468 e. The summed E-state index contributed by atoms with van der Waals surface area (Å²) in [5, 5.41) is 4.18. The van der Waals surface area contributed by atoms with E-state index in [1.807, 2.05) is 30.3 Å². The van der Waals surface area contributed by atoms with Crippen LogP contribution >= 0.6 is 23.4 Å². The summed E-state index contributed by atoms with van der Waals surface area (Å²) >= 11 is 7.61. The molecule has 0 aliphatic carbocycles. The minimum Gasteiger partial charge on any atom is -0.303 e. The standard InChI is InChI=1S/C14H14ClNS/c15-13-6-8-14(9-7-13)17-11-16-10-12-4-2-1-3-5-12/h1-9,16H,10-11H2. The van der Waals surface area contributed by atoms with Crippen molar-refractivity contribution in [1.29, 1.82) is 0 Å². The van der Waals surface area contributed by atoms with Gasteiger partial charge in [0.25, 0.3) is 0 Å². The molecule has 2 aromatic carbocycles. The molecule has 0 heterocycles. The maximum atomic E-state index is 5.83. The molecular formula is C14H14ClNS. The predicted molar refractivity (Wildman–Crippen MR) is 75.5 cm³/mol. The highest BCUT2D eigenvalue weighted by Gasteiger charge is 1.94. The van der Waals surface area contributed by atoms with E-state index >= 15 is 0 Å². The first kappa shape index (κ1) is 12.5. The second kappa shape index (κ2) is 6.70. The summed E-state index contributed by atoms with van der Waals surface area (Å²) in [5.41, 5.74) is 1.31. The van der Waals surface area contributed by atoms with Gasteiger partial charge in [-0.2, -0.15) is 0 Å². The molecule has 1 nitrogen and oxygen atoms in total. The second-order valence-electron chi connectivity index (χ2n) is 3.65. The van der Waals surface area contributed by atoms with Crippen LogP contribution in [0.2, 0.25) is 5.02 Å². The Hall–Kier alpha value is -0.960. The minimum atomic E-state index is 0.784. The average molecular weight is 264 g/mol. The summed E-state index contributed by atoms with van der Waals surface area (Å²) in [6.45, 7) is 0.904. The Morgan fingerprint density at radius 3 is 2.35 bits per heavy atom. The zero-order valence-corrected chi connectivity index (χ0v) is 11.0. The van der Waals surface area contributed by atoms with Crippen LogP contribution in [0, 0.1) is 0 Å². The highest BCUT2D eigenvalue weighted by atomic mass is 35.5. The fraction of sp³-hybridized carbons (Fsp3) is 0.143. The van der Waals surface area contributed by atoms with E-state index in [9.17, 15) is 0 Å². The SMILES string of the molecule is Clc1ccc(SCNCc2ccccc2)cc1. The summed E-state index contributed by atoms with van der Waals surface area (Å²) in [7, 11) is 0. The van der Waals surface area contributed by atoms with Crippen molar-refractivity contribution in [2.45, 2.75) is 11.4 Å². The van der Waals surface area contributed by atoms with E-state index in [-0.39, 0.29) is 0 Å². The number of nitrogens with one attached hydrogen (secondary N) is 1. The van der Waals surface area contributed by atoms with Crippen molar-refractivity contribution in [3.8, 4) is 0 Å². The van der Waals surface area contributed by atoms with Crippen LogP contribution in [0.1, 0.15) is 5.56 Å². The van der Waals surface area contributed by atoms with E-state index in [0.717, 1.165) is 17.4 Å². The molecule has 1 N–H and O–H groups in total. The largest absolute Gasteiger partial charge is 0.303 e. The van der Waals surface area contributed by atoms with Gasteiger partial charge < -0.3 is 5.32 Å². The van der Waals surface area contributed by atoms with Gasteiger partial charge in [0.2, 0.25) is 0 Å². The van der Waals surface area contributed by atoms with E-state index < -0.39 is 0 Å². The Balaban J connectivity index is 1.71. The van der Waals surface area contributed by atoms with Crippen molar-refractivity contribution in [3.63, 3.8) is 0 Å². The zero-order chi connectivity index (χ0) is 11.9. The highest BCUT2D eigenvalue weighted by molar-refractivity contribution is 7.99. The van der Waals surface area contributed by atoms with Gasteiger partial charge in [-0.15, -0.1) is 11.8 Å². The first-order valence-electron chi connectivity index (χ1n) is 5.47. The van der Waals surface area contributed by atoms with Crippen LogP contribution in [0.15, 0.2) is 59.5 Å². The molecule has 88 valence electrons. The fourth-order valence-electron chi connectivity index (χ4n) is 1.46. The molecule has 0 bridgehead atoms. The summed E-state index contributed by atoms with van der Waals surface area (Å²) in [6.07, 6.45) is 0. The smallest absolute Gasteiger partial charge is 0.0468 e. The molecule has 2 rings (SSSR count). The first-order valence-corrected chi connectivity index (χ1v) is 6.84. The summed E-state index contributed by atoms with van der Waals surface area (Å²) in [6, 6.07) is 18.3. The molecule has 0 saturated heterocycles. The Labute approximate surface area is 111 Å². The highest BCUT2D eigenvalue weighted by Crippen LogP contribution is 2.19. The molecule has 0 aliphatic heterocycles. The molecular weight excluding hydrogens is 250 g/mol. The van der Waals surface area contributed by atoms with Crippen LogP contribution in [-0.4, -0.2) is 5.88 Å². The topological polar surface area (TPSA) is 12.0 Å². The van der Waals surface area contributed by atoms with E-state index in [1.54, 1.807) is 11.8 Å². The van der Waals surface area contributed by atoms with Gasteiger partial charge in [-0.1, -0.05) is 41.9 Å². The Bertz CT molecular complexity index is 442. The molecule has 0 unspecified atom stereocenters. The van der Waals surface area contributed by atoms with Gasteiger partial charge in [0, 0.05) is 22.3 Å². The van der Waals surface area contributed by atoms with Gasteiger partial charge in [0.15, 0.2) is 0 Å². The van der Waals surface area contributed by atoms with Crippen LogP contribution in [0.4, 0.5) is 0 Å². The van der Waals surface area contributed by atoms with Crippen molar-refractivity contribution in [1.82, 2.24) is 5.32 Å². The van der Waals surface area contributed by atoms with Crippen LogP contribution in [0.5, 0.6) is 0 Å². The van der Waals surface area contributed by atoms with Crippen LogP contribution in [-0.2, 0) is 6.54 Å². The lowest BCUT2D eigenvalue weighted by molar-refractivity contribution is 0.796. The van der Waals surface area contributed by atoms with Crippen LogP contribution < -0.4 is 5.32 Å². The molecule has 2 aromatic rings. The number of benzene rings is 2. The van der Waals surface area contributed by atoms with Gasteiger partial charge >= 0.3 is 0 Å². The van der Waals surface area contributed by atoms with E-state index in [2.05, 4.69) is 29.6 Å². The van der Waals surface area contributed by atoms with Crippen LogP contribution in [0.25, 0.3) is 0 Å². The zero-order valence-electron chi connectivity index (χ0n) is 9.40. The van der Waals surface area contributed by atoms with Crippen molar-refractivity contribution in [2.75, 3.05) is 5.88 Å². The summed E-state index contributed by atoms with van der Waals surface area (Å²) in [5.74, 6) is 0.899. The lowest BCUT2D eigenvalue weighted by Gasteiger charge is -2.04. The van der Waals surface area contributed by atoms with Gasteiger partial charge in [0.05, 0.1) is 0 Å². The average Bonchev–Trinajstić information content (AvgIpc) is 2.38. The molecule has 17 heavy (non-hydrogen) atoms. The van der Waals surface area contributed by atoms with Gasteiger partial charge in [-0.25, -0.2) is 0 Å². The van der Waals surface area contributed by atoms with E-state index in [0.29, 0.717) is 0 Å². The molecule has 0 aromatic heterocycles. The van der Waals surface area contributed by atoms with Crippen molar-refractivity contribution < 1.29 is 0 Å². The molecule has 0 saturated carbocycles. The molecule has 0 amide bonds. The maximum absolute atomic E-state index is 5.83. The van der Waals surface area contributed by atoms with Gasteiger partial charge in [-0.05, 0) is 29.8 Å². The Morgan fingerprint density at radius 1 is 0.941 bits per heavy atom. The number of thioether (sulfide) groups is 1. The molecule has 3 heteroatoms. The number of hydrogen-bond donors (Lipinski definition) is 1. The molecule has 0 radical (unpaired) electrons. The van der Waals surface area contributed by atoms with Crippen molar-refractivity contribution in [2.24, 2.45) is 0 Å². The quantitative estimate of drug-likeness (QED) is 0.493. The Morgan fingerprint density at radius 2 is 1.65 bits per heavy atom. The number of hydrogen-bond acceptors (Lipinski definition) is 2. The van der Waals surface area contributed by atoms with E-state index in [1.165, 1.54) is 10.5 Å². The van der Waals surface area contributed by atoms with Crippen molar-refractivity contribution >= 4 is 23.4 Å². The Kier molecular flexibility index (Phi) is 4.92. The second-order valence-corrected chi connectivity index (χ2v) is 5.14. The monoisotopic (exact) mass is 263 g/mol. The normalized spacial score (nSPS) is 10.4.